The van der Waals surface area contributed by atoms with Gasteiger partial charge in [0.05, 0.1) is 11.4 Å². The molecule has 4 rings (SSSR count). The molecule has 1 fully saturated rings. The fourth-order valence-corrected chi connectivity index (χ4v) is 3.42. The molecule has 0 unspecified atom stereocenters. The number of nitrogens with zero attached hydrogens (tertiary/aromatic N) is 2. The molecule has 30 heavy (non-hydrogen) atoms. The van der Waals surface area contributed by atoms with Crippen LogP contribution < -0.4 is 10.6 Å². The summed E-state index contributed by atoms with van der Waals surface area (Å²) in [7, 11) is 0. The van der Waals surface area contributed by atoms with Crippen LogP contribution in [0.2, 0.25) is 0 Å². The van der Waals surface area contributed by atoms with Gasteiger partial charge in [-0.05, 0) is 49.1 Å². The molecule has 3 aromatic rings. The first-order chi connectivity index (χ1) is 14.5. The summed E-state index contributed by atoms with van der Waals surface area (Å²) >= 11 is 0. The minimum Gasteiger partial charge on any atom is -0.507 e. The molecule has 0 aliphatic heterocycles. The molecule has 7 heteroatoms. The summed E-state index contributed by atoms with van der Waals surface area (Å²) in [5.41, 5.74) is 3.52. The molecular formula is C23H24N4O3. The van der Waals surface area contributed by atoms with Gasteiger partial charge in [-0.2, -0.15) is 9.78 Å². The second-order valence-corrected chi connectivity index (χ2v) is 7.52. The van der Waals surface area contributed by atoms with Crippen molar-refractivity contribution in [3.8, 4) is 17.0 Å². The van der Waals surface area contributed by atoms with Gasteiger partial charge < -0.3 is 15.7 Å². The van der Waals surface area contributed by atoms with Gasteiger partial charge in [0.2, 0.25) is 5.91 Å². The Labute approximate surface area is 174 Å². The quantitative estimate of drug-likeness (QED) is 0.543. The summed E-state index contributed by atoms with van der Waals surface area (Å²) in [4.78, 5) is 24.1. The summed E-state index contributed by atoms with van der Waals surface area (Å²) in [5.74, 6) is 0.140. The van der Waals surface area contributed by atoms with E-state index >= 15 is 0 Å². The Balaban J connectivity index is 1.55. The van der Waals surface area contributed by atoms with Crippen molar-refractivity contribution in [1.82, 2.24) is 15.1 Å². The number of hydrogen-bond donors (Lipinski definition) is 3. The molecule has 2 amide bonds. The summed E-state index contributed by atoms with van der Waals surface area (Å²) in [6.45, 7) is 1.93. The summed E-state index contributed by atoms with van der Waals surface area (Å²) < 4.78 is 1.41. The van der Waals surface area contributed by atoms with Crippen LogP contribution in [0, 0.1) is 0 Å². The van der Waals surface area contributed by atoms with Gasteiger partial charge in [-0.3, -0.25) is 4.79 Å². The average molecular weight is 404 g/mol. The highest BCUT2D eigenvalue weighted by atomic mass is 16.3. The van der Waals surface area contributed by atoms with Crippen LogP contribution >= 0.6 is 0 Å². The third kappa shape index (κ3) is 4.51. The Morgan fingerprint density at radius 2 is 1.90 bits per heavy atom. The van der Waals surface area contributed by atoms with E-state index < -0.39 is 0 Å². The highest BCUT2D eigenvalue weighted by Gasteiger charge is 2.30. The van der Waals surface area contributed by atoms with Gasteiger partial charge in [-0.15, -0.1) is 0 Å². The average Bonchev–Trinajstić information content (AvgIpc) is 3.48. The van der Waals surface area contributed by atoms with Crippen molar-refractivity contribution < 1.29 is 14.7 Å². The van der Waals surface area contributed by atoms with Gasteiger partial charge in [-0.1, -0.05) is 30.3 Å². The number of benzene rings is 2. The number of carbonyl (C=O) groups is 2. The van der Waals surface area contributed by atoms with E-state index in [1.807, 2.05) is 36.4 Å². The standard InChI is InChI=1S/C23H24N4O3/c1-15(28)25-18-9-10-22(29)19(13-18)20-14-21(17-7-8-17)27(26-20)23(30)24-12-11-16-5-3-2-4-6-16/h2-6,9-10,13-14,17,29H,7-8,11-12H2,1H3,(H,24,30)(H,25,28). The minimum atomic E-state index is -0.281. The lowest BCUT2D eigenvalue weighted by Crippen LogP contribution is -2.32. The van der Waals surface area contributed by atoms with E-state index in [1.54, 1.807) is 12.1 Å². The van der Waals surface area contributed by atoms with E-state index in [4.69, 9.17) is 0 Å². The Morgan fingerprint density at radius 1 is 1.13 bits per heavy atom. The predicted octanol–water partition coefficient (Wildman–Crippen LogP) is 3.89. The smallest absolute Gasteiger partial charge is 0.342 e. The normalized spacial score (nSPS) is 13.1. The van der Waals surface area contributed by atoms with E-state index in [9.17, 15) is 14.7 Å². The maximum Gasteiger partial charge on any atom is 0.342 e. The van der Waals surface area contributed by atoms with Crippen molar-refractivity contribution in [1.29, 1.82) is 0 Å². The van der Waals surface area contributed by atoms with Crippen LogP contribution in [0.25, 0.3) is 11.3 Å². The van der Waals surface area contributed by atoms with Crippen LogP contribution in [0.3, 0.4) is 0 Å². The summed E-state index contributed by atoms with van der Waals surface area (Å²) in [6, 6.07) is 16.3. The van der Waals surface area contributed by atoms with E-state index in [1.165, 1.54) is 17.7 Å². The second kappa shape index (κ2) is 8.41. The molecule has 0 saturated heterocycles. The van der Waals surface area contributed by atoms with Crippen LogP contribution in [0.5, 0.6) is 5.75 Å². The zero-order valence-corrected chi connectivity index (χ0v) is 16.8. The number of phenols is 1. The first-order valence-corrected chi connectivity index (χ1v) is 10.0. The van der Waals surface area contributed by atoms with Gasteiger partial charge in [0.25, 0.3) is 0 Å². The largest absolute Gasteiger partial charge is 0.507 e. The molecule has 1 aliphatic rings. The first-order valence-electron chi connectivity index (χ1n) is 10.0. The van der Waals surface area contributed by atoms with Gasteiger partial charge in [-0.25, -0.2) is 4.79 Å². The van der Waals surface area contributed by atoms with Crippen molar-refractivity contribution in [3.05, 3.63) is 65.9 Å². The number of anilines is 1. The lowest BCUT2D eigenvalue weighted by molar-refractivity contribution is -0.114. The fraction of sp³-hybridized carbons (Fsp3) is 0.261. The van der Waals surface area contributed by atoms with Gasteiger partial charge in [0, 0.05) is 30.6 Å². The van der Waals surface area contributed by atoms with Crippen molar-refractivity contribution in [2.75, 3.05) is 11.9 Å². The number of hydrogen-bond acceptors (Lipinski definition) is 4. The zero-order valence-electron chi connectivity index (χ0n) is 16.8. The van der Waals surface area contributed by atoms with Gasteiger partial charge in [0.15, 0.2) is 0 Å². The molecular weight excluding hydrogens is 380 g/mol. The number of rotatable bonds is 6. The SMILES string of the molecule is CC(=O)Nc1ccc(O)c(-c2cc(C3CC3)n(C(=O)NCCc3ccccc3)n2)c1. The molecule has 7 nitrogen and oxygen atoms in total. The number of aromatic nitrogens is 2. The Kier molecular flexibility index (Phi) is 5.52. The minimum absolute atomic E-state index is 0.0422. The molecule has 2 aromatic carbocycles. The monoisotopic (exact) mass is 404 g/mol. The van der Waals surface area contributed by atoms with E-state index in [0.717, 1.165) is 30.5 Å². The molecule has 0 radical (unpaired) electrons. The first kappa shape index (κ1) is 19.7. The number of carbonyl (C=O) groups excluding carboxylic acids is 2. The van der Waals surface area contributed by atoms with Gasteiger partial charge in [0.1, 0.15) is 5.75 Å². The summed E-state index contributed by atoms with van der Waals surface area (Å²) in [6.07, 6.45) is 2.76. The molecule has 1 saturated carbocycles. The fourth-order valence-electron chi connectivity index (χ4n) is 3.42. The number of amides is 2. The predicted molar refractivity (Wildman–Crippen MR) is 115 cm³/mol. The van der Waals surface area contributed by atoms with E-state index in [0.29, 0.717) is 29.4 Å². The van der Waals surface area contributed by atoms with Crippen LogP contribution in [0.1, 0.15) is 36.9 Å². The second-order valence-electron chi connectivity index (χ2n) is 7.52. The molecule has 154 valence electrons. The van der Waals surface area contributed by atoms with Crippen LogP contribution in [-0.4, -0.2) is 33.4 Å². The number of aromatic hydroxyl groups is 1. The van der Waals surface area contributed by atoms with Crippen LogP contribution in [0.15, 0.2) is 54.6 Å². The van der Waals surface area contributed by atoms with Crippen LogP contribution in [-0.2, 0) is 11.2 Å². The maximum atomic E-state index is 12.8. The van der Waals surface area contributed by atoms with Crippen molar-refractivity contribution in [2.24, 2.45) is 0 Å². The Morgan fingerprint density at radius 3 is 2.60 bits per heavy atom. The highest BCUT2D eigenvalue weighted by Crippen LogP contribution is 2.42. The highest BCUT2D eigenvalue weighted by molar-refractivity contribution is 5.90. The lowest BCUT2D eigenvalue weighted by atomic mass is 10.1. The maximum absolute atomic E-state index is 12.8. The Hall–Kier alpha value is -3.61. The number of phenolic OH excluding ortho intramolecular Hbond substituents is 1. The molecule has 1 heterocycles. The molecule has 0 bridgehead atoms. The molecule has 1 aliphatic carbocycles. The Bertz CT molecular complexity index is 1070. The zero-order chi connectivity index (χ0) is 21.1. The van der Waals surface area contributed by atoms with Crippen LogP contribution in [0.4, 0.5) is 10.5 Å². The summed E-state index contributed by atoms with van der Waals surface area (Å²) in [5, 5.41) is 20.4. The molecule has 1 aromatic heterocycles. The molecule has 0 spiro atoms. The van der Waals surface area contributed by atoms with Crippen molar-refractivity contribution in [2.45, 2.75) is 32.1 Å². The third-order valence-electron chi connectivity index (χ3n) is 5.05. The third-order valence-corrected chi connectivity index (χ3v) is 5.05. The number of nitrogens with one attached hydrogen (secondary N) is 2. The van der Waals surface area contributed by atoms with Crippen molar-refractivity contribution in [3.63, 3.8) is 0 Å². The van der Waals surface area contributed by atoms with Gasteiger partial charge >= 0.3 is 6.03 Å². The van der Waals surface area contributed by atoms with E-state index in [2.05, 4.69) is 15.7 Å². The molecule has 0 atom stereocenters. The lowest BCUT2D eigenvalue weighted by Gasteiger charge is -2.08. The topological polar surface area (TPSA) is 96.2 Å². The molecule has 3 N–H and O–H groups in total. The van der Waals surface area contributed by atoms with E-state index in [-0.39, 0.29) is 17.7 Å². The van der Waals surface area contributed by atoms with Crippen molar-refractivity contribution >= 4 is 17.6 Å².